The minimum Gasteiger partial charge on any atom is -0.359 e. The lowest BCUT2D eigenvalue weighted by Gasteiger charge is -2.26. The number of nitrogens with zero attached hydrogens (tertiary/aromatic N) is 4. The molecule has 0 unspecified atom stereocenters. The van der Waals surface area contributed by atoms with Crippen LogP contribution in [0, 0.1) is 11.3 Å². The number of thiazole rings is 1. The van der Waals surface area contributed by atoms with Crippen molar-refractivity contribution in [2.24, 2.45) is 0 Å². The van der Waals surface area contributed by atoms with E-state index in [9.17, 15) is 9.59 Å². The second-order valence-electron chi connectivity index (χ2n) is 8.91. The van der Waals surface area contributed by atoms with Crippen LogP contribution in [0.5, 0.6) is 0 Å². The second-order valence-corrected chi connectivity index (χ2v) is 9.99. The van der Waals surface area contributed by atoms with Crippen LogP contribution in [-0.4, -0.2) is 47.9 Å². The van der Waals surface area contributed by atoms with Gasteiger partial charge in [0.1, 0.15) is 6.04 Å². The highest BCUT2D eigenvalue weighted by molar-refractivity contribution is 7.15. The average Bonchev–Trinajstić information content (AvgIpc) is 3.51. The minimum absolute atomic E-state index is 0.0969. The zero-order valence-electron chi connectivity index (χ0n) is 19.5. The summed E-state index contributed by atoms with van der Waals surface area (Å²) in [6, 6.07) is 16.0. The number of aromatic nitrogens is 1. The predicted molar refractivity (Wildman–Crippen MR) is 137 cm³/mol. The van der Waals surface area contributed by atoms with E-state index in [0.29, 0.717) is 21.9 Å². The third-order valence-corrected chi connectivity index (χ3v) is 7.42. The maximum Gasteiger partial charge on any atom is 0.257 e. The summed E-state index contributed by atoms with van der Waals surface area (Å²) < 4.78 is 0. The molecule has 3 aromatic rings. The summed E-state index contributed by atoms with van der Waals surface area (Å²) >= 11 is 1.53. The summed E-state index contributed by atoms with van der Waals surface area (Å²) in [5.41, 5.74) is 3.66. The Balaban J connectivity index is 1.28. The highest BCUT2D eigenvalue weighted by Gasteiger charge is 2.31. The zero-order valence-corrected chi connectivity index (χ0v) is 20.3. The summed E-state index contributed by atoms with van der Waals surface area (Å²) in [6.45, 7) is 2.57. The summed E-state index contributed by atoms with van der Waals surface area (Å²) in [7, 11) is 2.09. The molecule has 0 spiro atoms. The summed E-state index contributed by atoms with van der Waals surface area (Å²) in [4.78, 5) is 36.1. The van der Waals surface area contributed by atoms with Crippen LogP contribution in [-0.2, 0) is 17.8 Å². The molecule has 0 saturated carbocycles. The largest absolute Gasteiger partial charge is 0.359 e. The van der Waals surface area contributed by atoms with Crippen LogP contribution in [0.3, 0.4) is 0 Å². The Morgan fingerprint density at radius 3 is 2.77 bits per heavy atom. The van der Waals surface area contributed by atoms with Gasteiger partial charge in [0.05, 0.1) is 17.3 Å². The molecule has 0 radical (unpaired) electrons. The van der Waals surface area contributed by atoms with Crippen molar-refractivity contribution in [1.29, 1.82) is 5.26 Å². The van der Waals surface area contributed by atoms with Crippen LogP contribution in [0.2, 0.25) is 0 Å². The lowest BCUT2D eigenvalue weighted by atomic mass is 10.1. The molecule has 3 heterocycles. The van der Waals surface area contributed by atoms with Gasteiger partial charge in [0.15, 0.2) is 5.13 Å². The zero-order chi connectivity index (χ0) is 24.4. The molecule has 0 bridgehead atoms. The lowest BCUT2D eigenvalue weighted by molar-refractivity contribution is -0.117. The van der Waals surface area contributed by atoms with Crippen LogP contribution in [0.1, 0.15) is 39.3 Å². The molecule has 1 fully saturated rings. The number of carbonyl (C=O) groups is 2. The number of likely N-dealkylation sites (N-methyl/N-ethyl adjacent to an activating group) is 1. The molecule has 1 aromatic heterocycles. The molecular formula is C26H26N6O2S. The molecule has 2 aromatic carbocycles. The van der Waals surface area contributed by atoms with Gasteiger partial charge in [0.25, 0.3) is 5.91 Å². The molecule has 5 rings (SSSR count). The molecule has 1 atom stereocenters. The van der Waals surface area contributed by atoms with E-state index in [2.05, 4.69) is 33.6 Å². The molecule has 0 aliphatic carbocycles. The van der Waals surface area contributed by atoms with E-state index in [1.807, 2.05) is 23.1 Å². The molecule has 9 heteroatoms. The van der Waals surface area contributed by atoms with Crippen molar-refractivity contribution in [3.8, 4) is 6.07 Å². The number of nitriles is 1. The number of amides is 2. The molecule has 1 saturated heterocycles. The Bertz CT molecular complexity index is 1300. The number of anilines is 3. The van der Waals surface area contributed by atoms with Gasteiger partial charge in [-0.05, 0) is 62.4 Å². The van der Waals surface area contributed by atoms with E-state index in [1.165, 1.54) is 16.2 Å². The van der Waals surface area contributed by atoms with E-state index in [4.69, 9.17) is 5.26 Å². The smallest absolute Gasteiger partial charge is 0.257 e. The number of nitrogens with one attached hydrogen (secondary N) is 2. The van der Waals surface area contributed by atoms with Crippen molar-refractivity contribution in [2.75, 3.05) is 35.7 Å². The van der Waals surface area contributed by atoms with Gasteiger partial charge < -0.3 is 15.1 Å². The predicted octanol–water partition coefficient (Wildman–Crippen LogP) is 3.86. The van der Waals surface area contributed by atoms with Gasteiger partial charge in [-0.15, -0.1) is 11.3 Å². The highest BCUT2D eigenvalue weighted by atomic mass is 32.1. The highest BCUT2D eigenvalue weighted by Crippen LogP contribution is 2.30. The van der Waals surface area contributed by atoms with Gasteiger partial charge in [-0.2, -0.15) is 5.26 Å². The molecular weight excluding hydrogens is 460 g/mol. The quantitative estimate of drug-likeness (QED) is 0.568. The number of hydrogen-bond donors (Lipinski definition) is 2. The fourth-order valence-corrected chi connectivity index (χ4v) is 5.66. The average molecular weight is 487 g/mol. The maximum atomic E-state index is 13.0. The first-order valence-corrected chi connectivity index (χ1v) is 12.5. The van der Waals surface area contributed by atoms with Crippen LogP contribution >= 0.6 is 11.3 Å². The van der Waals surface area contributed by atoms with Crippen LogP contribution in [0.4, 0.5) is 16.5 Å². The third-order valence-electron chi connectivity index (χ3n) is 6.42. The Labute approximate surface area is 208 Å². The first kappa shape index (κ1) is 23.0. The van der Waals surface area contributed by atoms with Crippen molar-refractivity contribution < 1.29 is 9.59 Å². The summed E-state index contributed by atoms with van der Waals surface area (Å²) in [5, 5.41) is 15.5. The topological polar surface area (TPSA) is 101 Å². The van der Waals surface area contributed by atoms with Crippen molar-refractivity contribution >= 4 is 39.7 Å². The van der Waals surface area contributed by atoms with Crippen molar-refractivity contribution in [1.82, 2.24) is 9.88 Å². The van der Waals surface area contributed by atoms with Gasteiger partial charge in [-0.25, -0.2) is 4.98 Å². The normalized spacial score (nSPS) is 17.5. The van der Waals surface area contributed by atoms with E-state index >= 15 is 0 Å². The first-order valence-electron chi connectivity index (χ1n) is 11.7. The van der Waals surface area contributed by atoms with E-state index in [1.54, 1.807) is 30.3 Å². The Hall–Kier alpha value is -3.74. The monoisotopic (exact) mass is 486 g/mol. The molecule has 2 N–H and O–H groups in total. The van der Waals surface area contributed by atoms with Gasteiger partial charge in [0.2, 0.25) is 5.91 Å². The van der Waals surface area contributed by atoms with Gasteiger partial charge >= 0.3 is 0 Å². The second kappa shape index (κ2) is 9.86. The summed E-state index contributed by atoms with van der Waals surface area (Å²) in [6.07, 6.45) is 2.52. The Morgan fingerprint density at radius 1 is 1.14 bits per heavy atom. The van der Waals surface area contributed by atoms with Gasteiger partial charge in [-0.1, -0.05) is 6.07 Å². The van der Waals surface area contributed by atoms with Crippen LogP contribution in [0.15, 0.2) is 48.5 Å². The van der Waals surface area contributed by atoms with E-state index < -0.39 is 0 Å². The molecule has 8 nitrogen and oxygen atoms in total. The lowest BCUT2D eigenvalue weighted by Crippen LogP contribution is -2.39. The number of benzene rings is 2. The van der Waals surface area contributed by atoms with E-state index in [0.717, 1.165) is 50.3 Å². The molecule has 2 aliphatic rings. The fourth-order valence-electron chi connectivity index (χ4n) is 4.57. The number of hydrogen-bond acceptors (Lipinski definition) is 7. The Kier molecular flexibility index (Phi) is 6.49. The minimum atomic E-state index is -0.327. The molecule has 178 valence electrons. The standard InChI is InChI=1S/C26H26N6O2S/c1-31-13-11-21-23(16-31)35-26(29-21)30-24(33)18-4-2-5-20(14-18)32-12-3-6-22(32)25(34)28-19-9-7-17(15-27)8-10-19/h2,4-5,7-10,14,22H,3,6,11-13,16H2,1H3,(H,28,34)(H,29,30,33)/t22-/m0/s1. The van der Waals surface area contributed by atoms with Crippen LogP contribution in [0.25, 0.3) is 0 Å². The van der Waals surface area contributed by atoms with E-state index in [-0.39, 0.29) is 17.9 Å². The first-order chi connectivity index (χ1) is 17.0. The Morgan fingerprint density at radius 2 is 1.97 bits per heavy atom. The SMILES string of the molecule is CN1CCc2nc(NC(=O)c3cccc(N4CCC[C@H]4C(=O)Nc4ccc(C#N)cc4)c3)sc2C1. The van der Waals surface area contributed by atoms with Crippen LogP contribution < -0.4 is 15.5 Å². The fraction of sp³-hybridized carbons (Fsp3) is 0.308. The molecule has 35 heavy (non-hydrogen) atoms. The summed E-state index contributed by atoms with van der Waals surface area (Å²) in [5.74, 6) is -0.301. The third kappa shape index (κ3) is 5.04. The van der Waals surface area contributed by atoms with Gasteiger partial charge in [-0.3, -0.25) is 14.9 Å². The maximum absolute atomic E-state index is 13.0. The van der Waals surface area contributed by atoms with Gasteiger partial charge in [0, 0.05) is 47.9 Å². The van der Waals surface area contributed by atoms with Crippen molar-refractivity contribution in [3.63, 3.8) is 0 Å². The number of fused-ring (bicyclic) bond motifs is 1. The number of rotatable bonds is 5. The molecule has 2 aliphatic heterocycles. The number of carbonyl (C=O) groups excluding carboxylic acids is 2. The molecule has 2 amide bonds. The van der Waals surface area contributed by atoms with Crippen molar-refractivity contribution in [2.45, 2.75) is 31.8 Å². The van der Waals surface area contributed by atoms with Crippen molar-refractivity contribution in [3.05, 3.63) is 70.2 Å².